The monoisotopic (exact) mass is 292 g/mol. The Kier molecular flexibility index (Phi) is 4.52. The molecule has 0 radical (unpaired) electrons. The molecule has 2 aliphatic heterocycles. The molecule has 1 atom stereocenters. The Bertz CT molecular complexity index is 402. The van der Waals surface area contributed by atoms with E-state index in [9.17, 15) is 8.42 Å². The van der Waals surface area contributed by atoms with Crippen LogP contribution in [0.15, 0.2) is 0 Å². The third-order valence-corrected chi connectivity index (χ3v) is 5.94. The fourth-order valence-electron chi connectivity index (χ4n) is 2.85. The van der Waals surface area contributed by atoms with Crippen LogP contribution < -0.4 is 0 Å². The van der Waals surface area contributed by atoms with E-state index in [1.54, 1.807) is 14.1 Å². The molecule has 2 aliphatic rings. The molecular formula is C12H24N2O4S. The lowest BCUT2D eigenvalue weighted by molar-refractivity contribution is -0.0340. The maximum Gasteiger partial charge on any atom is 0.281 e. The molecule has 1 spiro atoms. The van der Waals surface area contributed by atoms with Gasteiger partial charge >= 0.3 is 0 Å². The van der Waals surface area contributed by atoms with Gasteiger partial charge in [0.15, 0.2) is 0 Å². The van der Waals surface area contributed by atoms with Gasteiger partial charge in [0, 0.05) is 40.2 Å². The SMILES string of the molecule is CCOC1COC2(CCN(S(=O)(=O)N(C)C)CC2)C1. The van der Waals surface area contributed by atoms with Crippen LogP contribution >= 0.6 is 0 Å². The van der Waals surface area contributed by atoms with Crippen molar-refractivity contribution in [3.8, 4) is 0 Å². The zero-order chi connectivity index (χ0) is 14.1. The zero-order valence-corrected chi connectivity index (χ0v) is 12.8. The van der Waals surface area contributed by atoms with E-state index in [4.69, 9.17) is 9.47 Å². The molecule has 2 saturated heterocycles. The van der Waals surface area contributed by atoms with Crippen molar-refractivity contribution in [3.63, 3.8) is 0 Å². The van der Waals surface area contributed by atoms with Crippen LogP contribution in [0.2, 0.25) is 0 Å². The molecule has 0 aromatic carbocycles. The largest absolute Gasteiger partial charge is 0.376 e. The minimum Gasteiger partial charge on any atom is -0.376 e. The molecule has 2 heterocycles. The van der Waals surface area contributed by atoms with Crippen molar-refractivity contribution in [3.05, 3.63) is 0 Å². The van der Waals surface area contributed by atoms with Gasteiger partial charge in [0.2, 0.25) is 0 Å². The van der Waals surface area contributed by atoms with E-state index < -0.39 is 10.2 Å². The van der Waals surface area contributed by atoms with E-state index in [1.807, 2.05) is 6.92 Å². The Labute approximate surface area is 115 Å². The van der Waals surface area contributed by atoms with Gasteiger partial charge in [-0.15, -0.1) is 0 Å². The summed E-state index contributed by atoms with van der Waals surface area (Å²) < 4.78 is 38.4. The van der Waals surface area contributed by atoms with Crippen molar-refractivity contribution in [1.29, 1.82) is 0 Å². The van der Waals surface area contributed by atoms with Gasteiger partial charge in [0.25, 0.3) is 10.2 Å². The van der Waals surface area contributed by atoms with Crippen LogP contribution in [0.5, 0.6) is 0 Å². The first-order valence-electron chi connectivity index (χ1n) is 6.83. The molecule has 112 valence electrons. The van der Waals surface area contributed by atoms with Crippen molar-refractivity contribution >= 4 is 10.2 Å². The zero-order valence-electron chi connectivity index (χ0n) is 12.0. The standard InChI is InChI=1S/C12H24N2O4S/c1-4-17-11-9-12(18-10-11)5-7-14(8-6-12)19(15,16)13(2)3/h11H,4-10H2,1-3H3. The maximum absolute atomic E-state index is 12.0. The lowest BCUT2D eigenvalue weighted by atomic mass is 9.89. The minimum absolute atomic E-state index is 0.168. The number of nitrogens with zero attached hydrogens (tertiary/aromatic N) is 2. The second-order valence-electron chi connectivity index (χ2n) is 5.46. The number of hydrogen-bond acceptors (Lipinski definition) is 4. The normalized spacial score (nSPS) is 28.3. The summed E-state index contributed by atoms with van der Waals surface area (Å²) in [7, 11) is -0.157. The Morgan fingerprint density at radius 2 is 2.00 bits per heavy atom. The molecule has 0 aromatic heterocycles. The highest BCUT2D eigenvalue weighted by molar-refractivity contribution is 7.86. The summed E-state index contributed by atoms with van der Waals surface area (Å²) in [6, 6.07) is 0. The summed E-state index contributed by atoms with van der Waals surface area (Å²) >= 11 is 0. The molecule has 0 aromatic rings. The molecule has 2 fully saturated rings. The third kappa shape index (κ3) is 3.11. The summed E-state index contributed by atoms with van der Waals surface area (Å²) in [4.78, 5) is 0. The average molecular weight is 292 g/mol. The Morgan fingerprint density at radius 3 is 2.53 bits per heavy atom. The van der Waals surface area contributed by atoms with Gasteiger partial charge in [-0.1, -0.05) is 0 Å². The third-order valence-electron chi connectivity index (χ3n) is 4.00. The van der Waals surface area contributed by atoms with Crippen LogP contribution in [0.4, 0.5) is 0 Å². The van der Waals surface area contributed by atoms with Gasteiger partial charge in [0.05, 0.1) is 18.3 Å². The molecule has 7 heteroatoms. The van der Waals surface area contributed by atoms with Crippen LogP contribution in [0.25, 0.3) is 0 Å². The van der Waals surface area contributed by atoms with Crippen LogP contribution in [0, 0.1) is 0 Å². The molecule has 0 bridgehead atoms. The molecule has 19 heavy (non-hydrogen) atoms. The number of ether oxygens (including phenoxy) is 2. The Balaban J connectivity index is 1.93. The topological polar surface area (TPSA) is 59.1 Å². The van der Waals surface area contributed by atoms with Crippen LogP contribution in [-0.2, 0) is 19.7 Å². The van der Waals surface area contributed by atoms with Crippen LogP contribution in [0.3, 0.4) is 0 Å². The summed E-state index contributed by atoms with van der Waals surface area (Å²) in [6.45, 7) is 4.37. The molecule has 6 nitrogen and oxygen atoms in total. The van der Waals surface area contributed by atoms with Gasteiger partial charge in [0.1, 0.15) is 0 Å². The van der Waals surface area contributed by atoms with Gasteiger partial charge in [-0.2, -0.15) is 17.0 Å². The Hall–Kier alpha value is -0.210. The molecule has 0 amide bonds. The van der Waals surface area contributed by atoms with E-state index >= 15 is 0 Å². The first-order valence-corrected chi connectivity index (χ1v) is 8.22. The quantitative estimate of drug-likeness (QED) is 0.755. The fraction of sp³-hybridized carbons (Fsp3) is 1.00. The molecule has 0 N–H and O–H groups in total. The van der Waals surface area contributed by atoms with Crippen molar-refractivity contribution in [1.82, 2.24) is 8.61 Å². The van der Waals surface area contributed by atoms with E-state index in [1.165, 1.54) is 8.61 Å². The lowest BCUT2D eigenvalue weighted by Gasteiger charge is -2.38. The van der Waals surface area contributed by atoms with E-state index in [2.05, 4.69) is 0 Å². The van der Waals surface area contributed by atoms with Crippen molar-refractivity contribution in [2.24, 2.45) is 0 Å². The molecular weight excluding hydrogens is 268 g/mol. The average Bonchev–Trinajstić information content (AvgIpc) is 2.73. The maximum atomic E-state index is 12.0. The summed E-state index contributed by atoms with van der Waals surface area (Å²) in [5.74, 6) is 0. The number of hydrogen-bond donors (Lipinski definition) is 0. The first kappa shape index (κ1) is 15.2. The van der Waals surface area contributed by atoms with E-state index in [-0.39, 0.29) is 11.7 Å². The van der Waals surface area contributed by atoms with E-state index in [0.29, 0.717) is 26.3 Å². The minimum atomic E-state index is -3.29. The van der Waals surface area contributed by atoms with Gasteiger partial charge in [-0.25, -0.2) is 0 Å². The number of rotatable bonds is 4. The second-order valence-corrected chi connectivity index (χ2v) is 7.61. The summed E-state index contributed by atoms with van der Waals surface area (Å²) in [5, 5.41) is 0. The predicted octanol–water partition coefficient (Wildman–Crippen LogP) is 0.453. The first-order chi connectivity index (χ1) is 8.89. The van der Waals surface area contributed by atoms with Crippen molar-refractivity contribution in [2.75, 3.05) is 40.4 Å². The van der Waals surface area contributed by atoms with E-state index in [0.717, 1.165) is 19.3 Å². The van der Waals surface area contributed by atoms with Gasteiger partial charge < -0.3 is 9.47 Å². The predicted molar refractivity (Wildman–Crippen MR) is 72.1 cm³/mol. The van der Waals surface area contributed by atoms with Crippen LogP contribution in [0.1, 0.15) is 26.2 Å². The second kappa shape index (κ2) is 5.65. The van der Waals surface area contributed by atoms with Gasteiger partial charge in [-0.3, -0.25) is 0 Å². The lowest BCUT2D eigenvalue weighted by Crippen LogP contribution is -2.49. The van der Waals surface area contributed by atoms with Crippen molar-refractivity contribution < 1.29 is 17.9 Å². The van der Waals surface area contributed by atoms with Crippen molar-refractivity contribution in [2.45, 2.75) is 37.9 Å². The highest BCUT2D eigenvalue weighted by Gasteiger charge is 2.45. The highest BCUT2D eigenvalue weighted by atomic mass is 32.2. The smallest absolute Gasteiger partial charge is 0.281 e. The highest BCUT2D eigenvalue weighted by Crippen LogP contribution is 2.37. The molecule has 1 unspecified atom stereocenters. The molecule has 0 aliphatic carbocycles. The summed E-state index contributed by atoms with van der Waals surface area (Å²) in [6.07, 6.45) is 2.56. The van der Waals surface area contributed by atoms with Crippen LogP contribution in [-0.4, -0.2) is 69.1 Å². The summed E-state index contributed by atoms with van der Waals surface area (Å²) in [5.41, 5.74) is -0.168. The van der Waals surface area contributed by atoms with Gasteiger partial charge in [-0.05, 0) is 19.8 Å². The molecule has 0 saturated carbocycles. The Morgan fingerprint density at radius 1 is 1.37 bits per heavy atom. The fourth-order valence-corrected chi connectivity index (χ4v) is 3.95. The number of piperidine rings is 1. The molecule has 2 rings (SSSR count).